The van der Waals surface area contributed by atoms with Crippen molar-refractivity contribution < 1.29 is 31.5 Å². The van der Waals surface area contributed by atoms with Gasteiger partial charge in [-0.15, -0.1) is 0 Å². The Labute approximate surface area is 210 Å². The summed E-state index contributed by atoms with van der Waals surface area (Å²) in [7, 11) is 2.92. The summed E-state index contributed by atoms with van der Waals surface area (Å²) in [5, 5.41) is 2.85. The first-order valence-corrected chi connectivity index (χ1v) is 11.2. The van der Waals surface area contributed by atoms with E-state index in [2.05, 4.69) is 20.3 Å². The molecule has 200 valence electrons. The van der Waals surface area contributed by atoms with Crippen LogP contribution in [0.15, 0.2) is 47.3 Å². The number of rotatable bonds is 7. The van der Waals surface area contributed by atoms with E-state index in [1.165, 1.54) is 26.6 Å². The van der Waals surface area contributed by atoms with Crippen molar-refractivity contribution in [2.75, 3.05) is 32.6 Å². The van der Waals surface area contributed by atoms with Gasteiger partial charge >= 0.3 is 6.18 Å². The molecule has 8 nitrogen and oxygen atoms in total. The molecule has 0 aliphatic carbocycles. The van der Waals surface area contributed by atoms with Crippen LogP contribution in [0.4, 0.5) is 27.8 Å². The van der Waals surface area contributed by atoms with Crippen LogP contribution >= 0.6 is 0 Å². The van der Waals surface area contributed by atoms with E-state index in [9.17, 15) is 26.7 Å². The van der Waals surface area contributed by atoms with Gasteiger partial charge < -0.3 is 20.7 Å². The number of alkyl halides is 5. The van der Waals surface area contributed by atoms with Crippen molar-refractivity contribution in [3.63, 3.8) is 0 Å². The Morgan fingerprint density at radius 2 is 2.00 bits per heavy atom. The molecule has 1 saturated heterocycles. The number of nitrogens with one attached hydrogen (secondary N) is 1. The molecule has 0 radical (unpaired) electrons. The number of carbonyl (C=O) groups is 1. The monoisotopic (exact) mass is 526 g/mol. The van der Waals surface area contributed by atoms with Crippen molar-refractivity contribution in [2.24, 2.45) is 16.6 Å². The minimum atomic E-state index is -4.54. The zero-order chi connectivity index (χ0) is 27.4. The third-order valence-electron chi connectivity index (χ3n) is 5.95. The molecule has 1 unspecified atom stereocenters. The number of aliphatic imine (C=N–C) groups is 1. The fourth-order valence-corrected chi connectivity index (χ4v) is 4.09. The molecule has 0 saturated carbocycles. The van der Waals surface area contributed by atoms with Gasteiger partial charge in [-0.25, -0.2) is 13.8 Å². The van der Waals surface area contributed by atoms with E-state index >= 15 is 0 Å². The highest BCUT2D eigenvalue weighted by Crippen LogP contribution is 2.35. The van der Waals surface area contributed by atoms with E-state index in [1.54, 1.807) is 19.1 Å². The summed E-state index contributed by atoms with van der Waals surface area (Å²) in [5.41, 5.74) is 5.37. The predicted molar refractivity (Wildman–Crippen MR) is 128 cm³/mol. The SMILES string of the molecule is CN=CC(=C(N)C(=O)N1CC(F)(F)C[C@@H](C)C1CNc1ccc(C(F)(F)F)cn1)c1ccc(OC)cn1. The molecule has 2 atom stereocenters. The number of piperidine rings is 1. The highest BCUT2D eigenvalue weighted by molar-refractivity contribution is 6.18. The Hall–Kier alpha value is -3.77. The maximum Gasteiger partial charge on any atom is 0.417 e. The molecule has 0 spiro atoms. The third-order valence-corrected chi connectivity index (χ3v) is 5.95. The Balaban J connectivity index is 1.89. The second-order valence-electron chi connectivity index (χ2n) is 8.65. The fraction of sp³-hybridized carbons (Fsp3) is 0.417. The summed E-state index contributed by atoms with van der Waals surface area (Å²) < 4.78 is 72.6. The van der Waals surface area contributed by atoms with Crippen molar-refractivity contribution in [3.8, 4) is 5.75 Å². The lowest BCUT2D eigenvalue weighted by atomic mass is 9.88. The molecule has 2 aromatic rings. The van der Waals surface area contributed by atoms with Gasteiger partial charge in [-0.2, -0.15) is 13.2 Å². The highest BCUT2D eigenvalue weighted by atomic mass is 19.4. The minimum absolute atomic E-state index is 0.0351. The van der Waals surface area contributed by atoms with Gasteiger partial charge in [-0.1, -0.05) is 6.92 Å². The van der Waals surface area contributed by atoms with Crippen LogP contribution in [-0.2, 0) is 11.0 Å². The average Bonchev–Trinajstić information content (AvgIpc) is 2.85. The van der Waals surface area contributed by atoms with Gasteiger partial charge in [0.1, 0.15) is 17.3 Å². The summed E-state index contributed by atoms with van der Waals surface area (Å²) in [5.74, 6) is -4.09. The van der Waals surface area contributed by atoms with Gasteiger partial charge in [0, 0.05) is 38.0 Å². The Morgan fingerprint density at radius 3 is 2.54 bits per heavy atom. The largest absolute Gasteiger partial charge is 0.495 e. The number of hydrogen-bond acceptors (Lipinski definition) is 7. The standard InChI is InChI=1S/C24H27F5N6O2/c1-14-8-23(25,26)13-35(19(14)12-34-20-7-4-15(9-33-20)24(27,28)29)22(36)21(30)17(11-31-2)18-6-5-16(37-3)10-32-18/h4-7,9-11,14,19H,8,12-13,30H2,1-3H3,(H,33,34)/t14-,19?/m1/s1. The van der Waals surface area contributed by atoms with Gasteiger partial charge in [-0.05, 0) is 30.2 Å². The number of pyridine rings is 2. The molecule has 13 heteroatoms. The molecule has 0 aromatic carbocycles. The number of hydrogen-bond donors (Lipinski definition) is 2. The van der Waals surface area contributed by atoms with Gasteiger partial charge in [-0.3, -0.25) is 14.8 Å². The number of nitrogens with zero attached hydrogens (tertiary/aromatic N) is 4. The summed E-state index contributed by atoms with van der Waals surface area (Å²) in [4.78, 5) is 26.3. The number of nitrogens with two attached hydrogens (primary N) is 1. The molecular weight excluding hydrogens is 499 g/mol. The molecule has 0 bridgehead atoms. The first-order chi connectivity index (χ1) is 17.4. The van der Waals surface area contributed by atoms with Gasteiger partial charge in [0.2, 0.25) is 0 Å². The Bertz CT molecular complexity index is 1150. The van der Waals surface area contributed by atoms with E-state index in [-0.39, 0.29) is 29.3 Å². The molecule has 1 aliphatic heterocycles. The van der Waals surface area contributed by atoms with Crippen molar-refractivity contribution >= 4 is 23.5 Å². The smallest absolute Gasteiger partial charge is 0.417 e. The molecular formula is C24H27F5N6O2. The number of ether oxygens (including phenoxy) is 1. The lowest BCUT2D eigenvalue weighted by Gasteiger charge is -2.43. The molecule has 1 fully saturated rings. The van der Waals surface area contributed by atoms with Crippen LogP contribution in [-0.4, -0.2) is 66.2 Å². The first kappa shape index (κ1) is 27.8. The van der Waals surface area contributed by atoms with Crippen molar-refractivity contribution in [1.29, 1.82) is 0 Å². The Morgan fingerprint density at radius 1 is 1.27 bits per heavy atom. The number of allylic oxidation sites excluding steroid dienone is 1. The molecule has 1 aliphatic rings. The van der Waals surface area contributed by atoms with Crippen LogP contribution in [0, 0.1) is 5.92 Å². The fourth-order valence-electron chi connectivity index (χ4n) is 4.09. The molecule has 3 rings (SSSR count). The van der Waals surface area contributed by atoms with E-state index in [0.717, 1.165) is 17.0 Å². The number of likely N-dealkylation sites (tertiary alicyclic amines) is 1. The summed E-state index contributed by atoms with van der Waals surface area (Å²) in [6.45, 7) is 0.655. The van der Waals surface area contributed by atoms with Crippen molar-refractivity contribution in [2.45, 2.75) is 31.5 Å². The summed E-state index contributed by atoms with van der Waals surface area (Å²) >= 11 is 0. The van der Waals surface area contributed by atoms with E-state index in [4.69, 9.17) is 10.5 Å². The maximum atomic E-state index is 14.5. The quantitative estimate of drug-likeness (QED) is 0.323. The molecule has 3 N–H and O–H groups in total. The second kappa shape index (κ2) is 11.1. The molecule has 2 aromatic heterocycles. The van der Waals surface area contributed by atoms with Crippen LogP contribution in [0.2, 0.25) is 0 Å². The topological polar surface area (TPSA) is 106 Å². The molecule has 3 heterocycles. The normalized spacial score (nSPS) is 20.5. The van der Waals surface area contributed by atoms with Crippen LogP contribution in [0.3, 0.4) is 0 Å². The van der Waals surface area contributed by atoms with Crippen LogP contribution in [0.25, 0.3) is 5.57 Å². The lowest BCUT2D eigenvalue weighted by molar-refractivity contribution is -0.148. The number of carbonyl (C=O) groups excluding carboxylic acids is 1. The van der Waals surface area contributed by atoms with Crippen molar-refractivity contribution in [3.05, 3.63) is 53.6 Å². The minimum Gasteiger partial charge on any atom is -0.495 e. The zero-order valence-corrected chi connectivity index (χ0v) is 20.4. The lowest BCUT2D eigenvalue weighted by Crippen LogP contribution is -2.58. The Kier molecular flexibility index (Phi) is 8.34. The zero-order valence-electron chi connectivity index (χ0n) is 20.4. The number of aromatic nitrogens is 2. The highest BCUT2D eigenvalue weighted by Gasteiger charge is 2.46. The second-order valence-corrected chi connectivity index (χ2v) is 8.65. The van der Waals surface area contributed by atoms with Crippen molar-refractivity contribution in [1.82, 2.24) is 14.9 Å². The number of halogens is 5. The van der Waals surface area contributed by atoms with Crippen LogP contribution in [0.5, 0.6) is 5.75 Å². The molecule has 1 amide bonds. The van der Waals surface area contributed by atoms with Gasteiger partial charge in [0.25, 0.3) is 11.8 Å². The molecule has 37 heavy (non-hydrogen) atoms. The summed E-state index contributed by atoms with van der Waals surface area (Å²) in [6.07, 6.45) is -1.62. The number of methoxy groups -OCH3 is 1. The number of amides is 1. The van der Waals surface area contributed by atoms with E-state index < -0.39 is 48.5 Å². The predicted octanol–water partition coefficient (Wildman–Crippen LogP) is 3.86. The van der Waals surface area contributed by atoms with Crippen LogP contribution < -0.4 is 15.8 Å². The van der Waals surface area contributed by atoms with Gasteiger partial charge in [0.15, 0.2) is 0 Å². The summed E-state index contributed by atoms with van der Waals surface area (Å²) in [6, 6.07) is 4.40. The maximum absolute atomic E-state index is 14.5. The first-order valence-electron chi connectivity index (χ1n) is 11.2. The van der Waals surface area contributed by atoms with E-state index in [1.807, 2.05) is 0 Å². The van der Waals surface area contributed by atoms with E-state index in [0.29, 0.717) is 11.9 Å². The number of anilines is 1. The van der Waals surface area contributed by atoms with Crippen LogP contribution in [0.1, 0.15) is 24.6 Å². The van der Waals surface area contributed by atoms with Gasteiger partial charge in [0.05, 0.1) is 37.2 Å². The third kappa shape index (κ3) is 6.71. The average molecular weight is 527 g/mol.